The number of carbonyl (C=O) groups is 1. The second-order valence-corrected chi connectivity index (χ2v) is 5.79. The fraction of sp³-hybridized carbons (Fsp3) is 0.625. The van der Waals surface area contributed by atoms with E-state index in [-0.39, 0.29) is 5.78 Å². The number of aromatic nitrogens is 1. The van der Waals surface area contributed by atoms with Crippen LogP contribution in [0.4, 0.5) is 5.69 Å². The summed E-state index contributed by atoms with van der Waals surface area (Å²) in [4.78, 5) is 18.3. The number of anilines is 1. The van der Waals surface area contributed by atoms with Crippen molar-refractivity contribution < 1.29 is 4.79 Å². The molecular formula is C16H24N2O. The van der Waals surface area contributed by atoms with Crippen molar-refractivity contribution >= 4 is 11.5 Å². The molecule has 0 aromatic carbocycles. The van der Waals surface area contributed by atoms with Crippen LogP contribution in [0.3, 0.4) is 0 Å². The first-order valence-corrected chi connectivity index (χ1v) is 7.37. The van der Waals surface area contributed by atoms with Crippen molar-refractivity contribution in [2.24, 2.45) is 5.92 Å². The van der Waals surface area contributed by atoms with Crippen LogP contribution in [0.5, 0.6) is 0 Å². The quantitative estimate of drug-likeness (QED) is 0.701. The van der Waals surface area contributed by atoms with Crippen LogP contribution in [0, 0.1) is 5.92 Å². The average Bonchev–Trinajstić information content (AvgIpc) is 3.23. The topological polar surface area (TPSA) is 33.2 Å². The van der Waals surface area contributed by atoms with Crippen LogP contribution in [0.15, 0.2) is 18.3 Å². The summed E-state index contributed by atoms with van der Waals surface area (Å²) in [5, 5.41) is 0. The van der Waals surface area contributed by atoms with Gasteiger partial charge in [-0.2, -0.15) is 0 Å². The van der Waals surface area contributed by atoms with Crippen LogP contribution in [0.2, 0.25) is 0 Å². The van der Waals surface area contributed by atoms with Crippen molar-refractivity contribution in [1.29, 1.82) is 0 Å². The highest BCUT2D eigenvalue weighted by Gasteiger charge is 2.29. The van der Waals surface area contributed by atoms with Gasteiger partial charge < -0.3 is 4.90 Å². The van der Waals surface area contributed by atoms with E-state index in [2.05, 4.69) is 29.8 Å². The van der Waals surface area contributed by atoms with Gasteiger partial charge in [-0.3, -0.25) is 9.78 Å². The molecule has 104 valence electrons. The standard InChI is InChI=1S/C16H24N2O/c1-4-16(19)15-8-7-14(11-17-15)18(13-5-6-13)10-9-12(2)3/h7-8,11-13H,4-6,9-10H2,1-3H3. The van der Waals surface area contributed by atoms with Crippen molar-refractivity contribution in [2.75, 3.05) is 11.4 Å². The molecule has 0 N–H and O–H groups in total. The largest absolute Gasteiger partial charge is 0.367 e. The van der Waals surface area contributed by atoms with Gasteiger partial charge in [0, 0.05) is 19.0 Å². The minimum atomic E-state index is 0.117. The SMILES string of the molecule is CCC(=O)c1ccc(N(CCC(C)C)C2CC2)cn1. The molecule has 1 fully saturated rings. The van der Waals surface area contributed by atoms with Gasteiger partial charge in [0.05, 0.1) is 11.9 Å². The zero-order valence-electron chi connectivity index (χ0n) is 12.2. The van der Waals surface area contributed by atoms with E-state index in [9.17, 15) is 4.79 Å². The van der Waals surface area contributed by atoms with E-state index in [4.69, 9.17) is 0 Å². The molecule has 0 bridgehead atoms. The molecule has 0 amide bonds. The molecule has 1 aliphatic carbocycles. The number of carbonyl (C=O) groups excluding carboxylic acids is 1. The van der Waals surface area contributed by atoms with Gasteiger partial charge in [-0.25, -0.2) is 0 Å². The zero-order valence-corrected chi connectivity index (χ0v) is 12.2. The molecule has 0 aliphatic heterocycles. The van der Waals surface area contributed by atoms with Gasteiger partial charge in [0.1, 0.15) is 5.69 Å². The van der Waals surface area contributed by atoms with Gasteiger partial charge in [-0.05, 0) is 37.3 Å². The van der Waals surface area contributed by atoms with Gasteiger partial charge >= 0.3 is 0 Å². The summed E-state index contributed by atoms with van der Waals surface area (Å²) < 4.78 is 0. The number of rotatable bonds is 7. The van der Waals surface area contributed by atoms with Crippen molar-refractivity contribution in [3.8, 4) is 0 Å². The van der Waals surface area contributed by atoms with Crippen LogP contribution in [0.1, 0.15) is 56.9 Å². The summed E-state index contributed by atoms with van der Waals surface area (Å²) in [6, 6.07) is 4.61. The Balaban J connectivity index is 2.07. The maximum Gasteiger partial charge on any atom is 0.180 e. The normalized spacial score (nSPS) is 14.7. The van der Waals surface area contributed by atoms with Crippen molar-refractivity contribution in [3.63, 3.8) is 0 Å². The van der Waals surface area contributed by atoms with E-state index in [1.165, 1.54) is 19.3 Å². The Morgan fingerprint density at radius 3 is 2.63 bits per heavy atom. The molecule has 2 rings (SSSR count). The second kappa shape index (κ2) is 6.18. The minimum absolute atomic E-state index is 0.117. The van der Waals surface area contributed by atoms with Gasteiger partial charge in [-0.15, -0.1) is 0 Å². The predicted octanol–water partition coefficient (Wildman–Crippen LogP) is 3.69. The number of Topliss-reactive ketones (excluding diaryl/α,β-unsaturated/α-hetero) is 1. The number of ketones is 1. The molecule has 1 aromatic heterocycles. The summed E-state index contributed by atoms with van der Waals surface area (Å²) in [6.45, 7) is 7.47. The molecule has 0 radical (unpaired) electrons. The molecule has 3 heteroatoms. The number of hydrogen-bond donors (Lipinski definition) is 0. The lowest BCUT2D eigenvalue weighted by atomic mass is 10.1. The maximum atomic E-state index is 11.6. The molecule has 1 aromatic rings. The van der Waals surface area contributed by atoms with Crippen molar-refractivity contribution in [3.05, 3.63) is 24.0 Å². The molecule has 1 saturated carbocycles. The van der Waals surface area contributed by atoms with E-state index in [0.717, 1.165) is 18.2 Å². The third kappa shape index (κ3) is 3.79. The summed E-state index contributed by atoms with van der Waals surface area (Å²) >= 11 is 0. The first kappa shape index (κ1) is 14.0. The Bertz CT molecular complexity index is 421. The molecule has 3 nitrogen and oxygen atoms in total. The summed E-state index contributed by atoms with van der Waals surface area (Å²) in [5.41, 5.74) is 1.75. The smallest absolute Gasteiger partial charge is 0.180 e. The Labute approximate surface area is 116 Å². The zero-order chi connectivity index (χ0) is 13.8. The lowest BCUT2D eigenvalue weighted by Crippen LogP contribution is -2.27. The van der Waals surface area contributed by atoms with Crippen LogP contribution in [0.25, 0.3) is 0 Å². The Morgan fingerprint density at radius 1 is 1.42 bits per heavy atom. The fourth-order valence-electron chi connectivity index (χ4n) is 2.21. The molecule has 0 saturated heterocycles. The Kier molecular flexibility index (Phi) is 4.56. The number of nitrogens with zero attached hydrogens (tertiary/aromatic N) is 2. The first-order chi connectivity index (χ1) is 9.11. The highest BCUT2D eigenvalue weighted by atomic mass is 16.1. The molecule has 0 unspecified atom stereocenters. The van der Waals surface area contributed by atoms with E-state index >= 15 is 0 Å². The average molecular weight is 260 g/mol. The van der Waals surface area contributed by atoms with Gasteiger partial charge in [-0.1, -0.05) is 20.8 Å². The third-order valence-corrected chi connectivity index (χ3v) is 3.62. The van der Waals surface area contributed by atoms with Crippen LogP contribution >= 0.6 is 0 Å². The number of hydrogen-bond acceptors (Lipinski definition) is 3. The van der Waals surface area contributed by atoms with Crippen LogP contribution < -0.4 is 4.90 Å². The lowest BCUT2D eigenvalue weighted by molar-refractivity contribution is 0.0983. The van der Waals surface area contributed by atoms with Gasteiger partial charge in [0.2, 0.25) is 0 Å². The summed E-state index contributed by atoms with van der Waals surface area (Å²) in [7, 11) is 0. The highest BCUT2D eigenvalue weighted by Crippen LogP contribution is 2.31. The molecule has 1 heterocycles. The Morgan fingerprint density at radius 2 is 2.16 bits per heavy atom. The molecule has 1 aliphatic rings. The van der Waals surface area contributed by atoms with Crippen molar-refractivity contribution in [2.45, 2.75) is 52.5 Å². The second-order valence-electron chi connectivity index (χ2n) is 5.79. The van der Waals surface area contributed by atoms with Gasteiger partial charge in [0.15, 0.2) is 5.78 Å². The van der Waals surface area contributed by atoms with E-state index in [1.807, 2.05) is 19.2 Å². The lowest BCUT2D eigenvalue weighted by Gasteiger charge is -2.25. The van der Waals surface area contributed by atoms with Crippen molar-refractivity contribution in [1.82, 2.24) is 4.98 Å². The molecule has 0 atom stereocenters. The van der Waals surface area contributed by atoms with E-state index in [1.54, 1.807) is 0 Å². The molecular weight excluding hydrogens is 236 g/mol. The summed E-state index contributed by atoms with van der Waals surface area (Å²) in [6.07, 6.45) is 6.15. The summed E-state index contributed by atoms with van der Waals surface area (Å²) in [5.74, 6) is 0.835. The third-order valence-electron chi connectivity index (χ3n) is 3.62. The minimum Gasteiger partial charge on any atom is -0.367 e. The fourth-order valence-corrected chi connectivity index (χ4v) is 2.21. The van der Waals surface area contributed by atoms with Crippen LogP contribution in [-0.2, 0) is 0 Å². The highest BCUT2D eigenvalue weighted by molar-refractivity contribution is 5.94. The van der Waals surface area contributed by atoms with E-state index < -0.39 is 0 Å². The monoisotopic (exact) mass is 260 g/mol. The van der Waals surface area contributed by atoms with Crippen LogP contribution in [-0.4, -0.2) is 23.4 Å². The first-order valence-electron chi connectivity index (χ1n) is 7.37. The van der Waals surface area contributed by atoms with E-state index in [0.29, 0.717) is 18.2 Å². The molecule has 19 heavy (non-hydrogen) atoms. The number of pyridine rings is 1. The maximum absolute atomic E-state index is 11.6. The Hall–Kier alpha value is -1.38. The predicted molar refractivity (Wildman–Crippen MR) is 78.7 cm³/mol. The molecule has 0 spiro atoms. The van der Waals surface area contributed by atoms with Gasteiger partial charge in [0.25, 0.3) is 0 Å².